The van der Waals surface area contributed by atoms with Crippen molar-refractivity contribution >= 4 is 47.0 Å². The molecule has 7 nitrogen and oxygen atoms in total. The van der Waals surface area contributed by atoms with E-state index in [9.17, 15) is 14.4 Å². The quantitative estimate of drug-likeness (QED) is 0.271. The van der Waals surface area contributed by atoms with Crippen LogP contribution in [-0.4, -0.2) is 49.9 Å². The number of hydrogen-bond donors (Lipinski definition) is 3. The van der Waals surface area contributed by atoms with Crippen molar-refractivity contribution in [2.45, 2.75) is 0 Å². The third-order valence-corrected chi connectivity index (χ3v) is 4.29. The predicted molar refractivity (Wildman–Crippen MR) is 118 cm³/mol. The van der Waals surface area contributed by atoms with Crippen molar-refractivity contribution in [1.82, 2.24) is 16.2 Å². The average Bonchev–Trinajstić information content (AvgIpc) is 2.66. The fraction of sp³-hybridized carbons (Fsp3) is 0.190. The van der Waals surface area contributed by atoms with E-state index in [0.717, 1.165) is 0 Å². The molecule has 0 heterocycles. The van der Waals surface area contributed by atoms with Gasteiger partial charge in [0.05, 0.1) is 21.1 Å². The van der Waals surface area contributed by atoms with Crippen LogP contribution in [0.25, 0.3) is 6.08 Å². The normalized spacial score (nSPS) is 11.2. The molecule has 0 unspecified atom stereocenters. The highest BCUT2D eigenvalue weighted by Crippen LogP contribution is 2.23. The topological polar surface area (TPSA) is 87.3 Å². The van der Waals surface area contributed by atoms with Crippen LogP contribution in [0.5, 0.6) is 0 Å². The fourth-order valence-electron chi connectivity index (χ4n) is 2.38. The Kier molecular flexibility index (Phi) is 10.2. The van der Waals surface area contributed by atoms with Crippen molar-refractivity contribution in [1.29, 1.82) is 0 Å². The van der Waals surface area contributed by atoms with Gasteiger partial charge in [0.1, 0.15) is 5.70 Å². The zero-order valence-corrected chi connectivity index (χ0v) is 20.3. The number of carbonyl (C=O) groups is 3. The van der Waals surface area contributed by atoms with E-state index in [0.29, 0.717) is 25.7 Å². The van der Waals surface area contributed by atoms with E-state index in [2.05, 4.69) is 16.2 Å². The molecule has 2 aromatic carbocycles. The highest BCUT2D eigenvalue weighted by Gasteiger charge is 2.18. The number of benzene rings is 2. The number of likely N-dealkylation sites (N-methyl/N-ethyl adjacent to an activating group) is 1. The molecule has 3 amide bonds. The van der Waals surface area contributed by atoms with E-state index in [1.165, 1.54) is 12.1 Å². The Hall–Kier alpha value is -2.39. The lowest BCUT2D eigenvalue weighted by atomic mass is 10.1. The fourth-order valence-corrected chi connectivity index (χ4v) is 2.84. The van der Waals surface area contributed by atoms with E-state index in [-0.39, 0.29) is 35.1 Å². The lowest BCUT2D eigenvalue weighted by Gasteiger charge is -2.23. The summed E-state index contributed by atoms with van der Waals surface area (Å²) in [6, 6.07) is 13.2. The summed E-state index contributed by atoms with van der Waals surface area (Å²) in [5.41, 5.74) is 5.39. The molecule has 0 bridgehead atoms. The van der Waals surface area contributed by atoms with Crippen LogP contribution in [-0.2, 0) is 9.59 Å². The third-order valence-electron chi connectivity index (χ3n) is 3.72. The molecule has 0 radical (unpaired) electrons. The van der Waals surface area contributed by atoms with Gasteiger partial charge in [-0.2, -0.15) is 0 Å². The van der Waals surface area contributed by atoms with Gasteiger partial charge in [0.25, 0.3) is 17.7 Å². The van der Waals surface area contributed by atoms with Crippen LogP contribution in [0.15, 0.2) is 54.2 Å². The van der Waals surface area contributed by atoms with Gasteiger partial charge in [-0.1, -0.05) is 47.5 Å². The summed E-state index contributed by atoms with van der Waals surface area (Å²) < 4.78 is 0.384. The molecule has 2 rings (SSSR count). The van der Waals surface area contributed by atoms with Crippen molar-refractivity contribution in [3.63, 3.8) is 0 Å². The molecule has 0 atom stereocenters. The minimum atomic E-state index is -0.708. The first-order valence-electron chi connectivity index (χ1n) is 8.98. The summed E-state index contributed by atoms with van der Waals surface area (Å²) in [4.78, 5) is 37.2. The molecule has 0 saturated heterocycles. The number of nitrogens with one attached hydrogen (secondary N) is 3. The van der Waals surface area contributed by atoms with Gasteiger partial charge in [-0.25, -0.2) is 0 Å². The summed E-state index contributed by atoms with van der Waals surface area (Å²) in [5, 5.41) is 3.29. The molecule has 0 aliphatic carbocycles. The van der Waals surface area contributed by atoms with E-state index in [1.54, 1.807) is 42.5 Å². The number of nitrogens with zero attached hydrogens (tertiary/aromatic N) is 1. The van der Waals surface area contributed by atoms with Gasteiger partial charge < -0.3 is 26.8 Å². The van der Waals surface area contributed by atoms with Gasteiger partial charge in [-0.15, -0.1) is 0 Å². The second-order valence-electron chi connectivity index (χ2n) is 7.49. The summed E-state index contributed by atoms with van der Waals surface area (Å²) in [6.07, 6.45) is 1.40. The molecule has 10 heteroatoms. The molecule has 31 heavy (non-hydrogen) atoms. The molecule has 0 aliphatic heterocycles. The molecule has 0 aliphatic rings. The molecule has 0 saturated carbocycles. The van der Waals surface area contributed by atoms with Crippen molar-refractivity contribution in [3.05, 3.63) is 75.4 Å². The van der Waals surface area contributed by atoms with Crippen LogP contribution in [0.1, 0.15) is 15.9 Å². The number of amides is 3. The monoisotopic (exact) mass is 528 g/mol. The number of rotatable bonds is 6. The zero-order chi connectivity index (χ0) is 22.3. The Morgan fingerprint density at radius 1 is 0.968 bits per heavy atom. The summed E-state index contributed by atoms with van der Waals surface area (Å²) in [6.45, 7) is 0.152. The van der Waals surface area contributed by atoms with Crippen LogP contribution in [0, 0.1) is 0 Å². The molecule has 0 aromatic heterocycles. The largest absolute Gasteiger partial charge is 1.00 e. The van der Waals surface area contributed by atoms with E-state index in [4.69, 9.17) is 23.2 Å². The van der Waals surface area contributed by atoms with Crippen molar-refractivity contribution in [2.75, 3.05) is 27.7 Å². The number of quaternary nitrogens is 1. The van der Waals surface area contributed by atoms with Crippen LogP contribution in [0.2, 0.25) is 10.0 Å². The Labute approximate surface area is 201 Å². The first-order valence-corrected chi connectivity index (χ1v) is 9.73. The molecular weight excluding hydrogens is 507 g/mol. The maximum atomic E-state index is 12.7. The van der Waals surface area contributed by atoms with E-state index < -0.39 is 11.8 Å². The first-order chi connectivity index (χ1) is 14.0. The maximum absolute atomic E-state index is 12.7. The average molecular weight is 530 g/mol. The second kappa shape index (κ2) is 11.9. The lowest BCUT2D eigenvalue weighted by Crippen LogP contribution is -3.00. The van der Waals surface area contributed by atoms with Crippen LogP contribution in [0.4, 0.5) is 0 Å². The highest BCUT2D eigenvalue weighted by atomic mass is 79.9. The predicted octanol–water partition coefficient (Wildman–Crippen LogP) is -0.378. The summed E-state index contributed by atoms with van der Waals surface area (Å²) in [5.74, 6) is -1.58. The third kappa shape index (κ3) is 9.10. The molecule has 166 valence electrons. The minimum Gasteiger partial charge on any atom is -1.00 e. The van der Waals surface area contributed by atoms with Gasteiger partial charge in [0.2, 0.25) is 0 Å². The van der Waals surface area contributed by atoms with Gasteiger partial charge in [-0.3, -0.25) is 25.2 Å². The SMILES string of the molecule is C[N+](C)(C)CC(=O)NNC(=O)/C(=C\c1ccc(Cl)cc1Cl)NC(=O)c1ccccc1.[Br-]. The van der Waals surface area contributed by atoms with Gasteiger partial charge >= 0.3 is 0 Å². The number of hydrogen-bond acceptors (Lipinski definition) is 3. The highest BCUT2D eigenvalue weighted by molar-refractivity contribution is 6.35. The smallest absolute Gasteiger partial charge is 0.293 e. The summed E-state index contributed by atoms with van der Waals surface area (Å²) in [7, 11) is 5.53. The Bertz CT molecular complexity index is 976. The second-order valence-corrected chi connectivity index (χ2v) is 8.34. The van der Waals surface area contributed by atoms with Crippen LogP contribution < -0.4 is 33.1 Å². The van der Waals surface area contributed by atoms with Crippen LogP contribution in [0.3, 0.4) is 0 Å². The van der Waals surface area contributed by atoms with Gasteiger partial charge in [0.15, 0.2) is 6.54 Å². The van der Waals surface area contributed by atoms with Gasteiger partial charge in [-0.05, 0) is 35.9 Å². The van der Waals surface area contributed by atoms with E-state index >= 15 is 0 Å². The zero-order valence-electron chi connectivity index (χ0n) is 17.2. The van der Waals surface area contributed by atoms with Crippen molar-refractivity contribution in [3.8, 4) is 0 Å². The summed E-state index contributed by atoms with van der Waals surface area (Å²) >= 11 is 12.1. The van der Waals surface area contributed by atoms with Crippen molar-refractivity contribution in [2.24, 2.45) is 0 Å². The standard InChI is InChI=1S/C21H22Cl2N4O3.BrH/c1-27(2,3)13-19(28)25-26-21(30)18(11-15-9-10-16(22)12-17(15)23)24-20(29)14-7-5-4-6-8-14;/h4-12H,13H2,1-3H3,(H2-,24,25,26,28,29,30);1H/b18-11+;. The Balaban J connectivity index is 0.00000480. The lowest BCUT2D eigenvalue weighted by molar-refractivity contribution is -0.862. The molecule has 3 N–H and O–H groups in total. The molecular formula is C21H23BrCl2N4O3. The Morgan fingerprint density at radius 2 is 1.61 bits per heavy atom. The van der Waals surface area contributed by atoms with Gasteiger partial charge in [0, 0.05) is 15.6 Å². The van der Waals surface area contributed by atoms with E-state index in [1.807, 2.05) is 21.1 Å². The molecule has 2 aromatic rings. The number of hydrazine groups is 1. The van der Waals surface area contributed by atoms with Crippen molar-refractivity contribution < 1.29 is 35.8 Å². The maximum Gasteiger partial charge on any atom is 0.293 e. The number of carbonyl (C=O) groups excluding carboxylic acids is 3. The molecule has 0 fully saturated rings. The number of halogens is 3. The first kappa shape index (κ1) is 26.6. The van der Waals surface area contributed by atoms with Crippen LogP contribution >= 0.6 is 23.2 Å². The Morgan fingerprint density at radius 3 is 2.19 bits per heavy atom. The minimum absolute atomic E-state index is 0. The molecule has 0 spiro atoms.